The third-order valence-electron chi connectivity index (χ3n) is 2.35. The predicted octanol–water partition coefficient (Wildman–Crippen LogP) is 0.583. The van der Waals surface area contributed by atoms with Crippen LogP contribution in [0.15, 0.2) is 17.3 Å². The Balaban J connectivity index is 2.30. The lowest BCUT2D eigenvalue weighted by molar-refractivity contribution is 0.421. The van der Waals surface area contributed by atoms with E-state index in [1.165, 1.54) is 16.7 Å². The molecule has 1 fully saturated rings. The Hall–Kier alpha value is -0.880. The molecule has 6 heteroatoms. The first-order valence-electron chi connectivity index (χ1n) is 4.67. The van der Waals surface area contributed by atoms with Crippen molar-refractivity contribution in [2.45, 2.75) is 30.7 Å². The molecule has 1 saturated carbocycles. The van der Waals surface area contributed by atoms with E-state index in [1.54, 1.807) is 0 Å². The first kappa shape index (κ1) is 9.67. The van der Waals surface area contributed by atoms with E-state index in [-0.39, 0.29) is 10.9 Å². The van der Waals surface area contributed by atoms with Gasteiger partial charge in [0.15, 0.2) is 0 Å². The minimum Gasteiger partial charge on any atom is -0.284 e. The minimum atomic E-state index is -3.30. The Morgan fingerprint density at radius 3 is 2.79 bits per heavy atom. The van der Waals surface area contributed by atoms with Crippen LogP contribution in [-0.4, -0.2) is 35.5 Å². The quantitative estimate of drug-likeness (QED) is 0.799. The summed E-state index contributed by atoms with van der Waals surface area (Å²) in [6, 6.07) is 0.208. The monoisotopic (exact) mass is 215 g/mol. The normalized spacial score (nSPS) is 17.6. The summed E-state index contributed by atoms with van der Waals surface area (Å²) in [5.74, 6) is 0. The second-order valence-corrected chi connectivity index (χ2v) is 5.26. The number of rotatable bonds is 4. The van der Waals surface area contributed by atoms with Gasteiger partial charge >= 0.3 is 0 Å². The summed E-state index contributed by atoms with van der Waals surface area (Å²) in [5, 5.41) is 6.17. The van der Waals surface area contributed by atoms with Crippen molar-refractivity contribution in [1.82, 2.24) is 14.5 Å². The molecule has 14 heavy (non-hydrogen) atoms. The van der Waals surface area contributed by atoms with Crippen molar-refractivity contribution in [1.29, 1.82) is 0 Å². The van der Waals surface area contributed by atoms with Crippen LogP contribution in [0.1, 0.15) is 19.8 Å². The van der Waals surface area contributed by atoms with Gasteiger partial charge in [-0.1, -0.05) is 6.92 Å². The van der Waals surface area contributed by atoms with E-state index in [9.17, 15) is 8.42 Å². The first-order chi connectivity index (χ1) is 6.66. The largest absolute Gasteiger partial charge is 0.284 e. The van der Waals surface area contributed by atoms with Gasteiger partial charge in [0.1, 0.15) is 4.90 Å². The van der Waals surface area contributed by atoms with Gasteiger partial charge in [-0.05, 0) is 12.8 Å². The van der Waals surface area contributed by atoms with Crippen molar-refractivity contribution >= 4 is 10.0 Å². The van der Waals surface area contributed by atoms with Gasteiger partial charge in [-0.3, -0.25) is 5.10 Å². The van der Waals surface area contributed by atoms with Crippen LogP contribution >= 0.6 is 0 Å². The van der Waals surface area contributed by atoms with Gasteiger partial charge in [-0.2, -0.15) is 9.40 Å². The molecule has 0 radical (unpaired) electrons. The van der Waals surface area contributed by atoms with Crippen LogP contribution in [0.25, 0.3) is 0 Å². The number of aromatic nitrogens is 2. The molecular weight excluding hydrogens is 202 g/mol. The second kappa shape index (κ2) is 3.36. The summed E-state index contributed by atoms with van der Waals surface area (Å²) in [4.78, 5) is 0.256. The van der Waals surface area contributed by atoms with Crippen LogP contribution in [0.5, 0.6) is 0 Å². The molecule has 1 aromatic heterocycles. The van der Waals surface area contributed by atoms with Crippen LogP contribution in [0.2, 0.25) is 0 Å². The third kappa shape index (κ3) is 1.55. The third-order valence-corrected chi connectivity index (χ3v) is 4.34. The van der Waals surface area contributed by atoms with E-state index in [0.717, 1.165) is 12.8 Å². The number of H-pyrrole nitrogens is 1. The maximum Gasteiger partial charge on any atom is 0.246 e. The lowest BCUT2D eigenvalue weighted by Gasteiger charge is -2.18. The SMILES string of the molecule is CCN(C1CC1)S(=O)(=O)c1cn[nH]c1. The van der Waals surface area contributed by atoms with Crippen molar-refractivity contribution in [2.24, 2.45) is 0 Å². The highest BCUT2D eigenvalue weighted by molar-refractivity contribution is 7.89. The van der Waals surface area contributed by atoms with Crippen LogP contribution < -0.4 is 0 Å². The van der Waals surface area contributed by atoms with Crippen molar-refractivity contribution in [2.75, 3.05) is 6.54 Å². The molecule has 1 N–H and O–H groups in total. The molecule has 0 saturated heterocycles. The van der Waals surface area contributed by atoms with Crippen LogP contribution in [0, 0.1) is 0 Å². The fourth-order valence-corrected chi connectivity index (χ4v) is 3.10. The molecule has 0 atom stereocenters. The fraction of sp³-hybridized carbons (Fsp3) is 0.625. The van der Waals surface area contributed by atoms with Crippen LogP contribution in [0.4, 0.5) is 0 Å². The minimum absolute atomic E-state index is 0.208. The maximum absolute atomic E-state index is 12.0. The molecule has 0 aliphatic heterocycles. The molecule has 0 unspecified atom stereocenters. The Morgan fingerprint density at radius 1 is 1.64 bits per heavy atom. The Kier molecular flexibility index (Phi) is 2.32. The Labute approximate surface area is 83.2 Å². The zero-order valence-corrected chi connectivity index (χ0v) is 8.79. The second-order valence-electron chi connectivity index (χ2n) is 3.37. The highest BCUT2D eigenvalue weighted by Gasteiger charge is 2.37. The topological polar surface area (TPSA) is 66.1 Å². The summed E-state index contributed by atoms with van der Waals surface area (Å²) in [7, 11) is -3.30. The van der Waals surface area contributed by atoms with E-state index in [1.807, 2.05) is 6.92 Å². The number of sulfonamides is 1. The molecule has 78 valence electrons. The lowest BCUT2D eigenvalue weighted by atomic mass is 10.6. The smallest absolute Gasteiger partial charge is 0.246 e. The summed E-state index contributed by atoms with van der Waals surface area (Å²) in [6.45, 7) is 2.38. The molecule has 1 heterocycles. The van der Waals surface area contributed by atoms with E-state index in [0.29, 0.717) is 6.54 Å². The molecule has 5 nitrogen and oxygen atoms in total. The number of nitrogens with zero attached hydrogens (tertiary/aromatic N) is 2. The van der Waals surface area contributed by atoms with Crippen molar-refractivity contribution in [3.05, 3.63) is 12.4 Å². The average Bonchev–Trinajstić information content (AvgIpc) is 2.82. The molecule has 0 amide bonds. The summed E-state index contributed by atoms with van der Waals surface area (Å²) >= 11 is 0. The molecule has 0 aromatic carbocycles. The molecule has 1 aliphatic rings. The number of hydrogen-bond donors (Lipinski definition) is 1. The first-order valence-corrected chi connectivity index (χ1v) is 6.11. The van der Waals surface area contributed by atoms with Crippen molar-refractivity contribution < 1.29 is 8.42 Å². The summed E-state index contributed by atoms with van der Waals surface area (Å²) < 4.78 is 25.5. The predicted molar refractivity (Wildman–Crippen MR) is 51.2 cm³/mol. The Bertz CT molecular complexity index is 394. The molecule has 0 spiro atoms. The van der Waals surface area contributed by atoms with E-state index >= 15 is 0 Å². The Morgan fingerprint density at radius 2 is 2.36 bits per heavy atom. The average molecular weight is 215 g/mol. The number of hydrogen-bond acceptors (Lipinski definition) is 3. The molecule has 1 aliphatic carbocycles. The summed E-state index contributed by atoms with van der Waals surface area (Å²) in [5.41, 5.74) is 0. The van der Waals surface area contributed by atoms with Gasteiger partial charge in [0.05, 0.1) is 6.20 Å². The van der Waals surface area contributed by atoms with Gasteiger partial charge in [0.25, 0.3) is 0 Å². The lowest BCUT2D eigenvalue weighted by Crippen LogP contribution is -2.32. The van der Waals surface area contributed by atoms with Gasteiger partial charge in [0, 0.05) is 18.8 Å². The highest BCUT2D eigenvalue weighted by atomic mass is 32.2. The maximum atomic E-state index is 12.0. The van der Waals surface area contributed by atoms with E-state index in [2.05, 4.69) is 10.2 Å². The number of nitrogens with one attached hydrogen (secondary N) is 1. The standard InChI is InChI=1S/C8H13N3O2S/c1-2-11(7-3-4-7)14(12,13)8-5-9-10-6-8/h5-7H,2-4H2,1H3,(H,9,10). The van der Waals surface area contributed by atoms with Crippen molar-refractivity contribution in [3.63, 3.8) is 0 Å². The zero-order chi connectivity index (χ0) is 10.2. The molecule has 0 bridgehead atoms. The van der Waals surface area contributed by atoms with Crippen molar-refractivity contribution in [3.8, 4) is 0 Å². The number of aromatic amines is 1. The molecular formula is C8H13N3O2S. The van der Waals surface area contributed by atoms with E-state index < -0.39 is 10.0 Å². The van der Waals surface area contributed by atoms with E-state index in [4.69, 9.17) is 0 Å². The molecule has 1 aromatic rings. The molecule has 2 rings (SSSR count). The van der Waals surface area contributed by atoms with Gasteiger partial charge in [-0.25, -0.2) is 8.42 Å². The fourth-order valence-electron chi connectivity index (χ4n) is 1.50. The van der Waals surface area contributed by atoms with Crippen LogP contribution in [0.3, 0.4) is 0 Å². The zero-order valence-electron chi connectivity index (χ0n) is 7.97. The van der Waals surface area contributed by atoms with Gasteiger partial charge in [0.2, 0.25) is 10.0 Å². The van der Waals surface area contributed by atoms with Crippen LogP contribution in [-0.2, 0) is 10.0 Å². The van der Waals surface area contributed by atoms with Gasteiger partial charge < -0.3 is 0 Å². The summed E-state index contributed by atoms with van der Waals surface area (Å²) in [6.07, 6.45) is 4.72. The van der Waals surface area contributed by atoms with Gasteiger partial charge in [-0.15, -0.1) is 0 Å². The highest BCUT2D eigenvalue weighted by Crippen LogP contribution is 2.31.